The second kappa shape index (κ2) is 8.72. The summed E-state index contributed by atoms with van der Waals surface area (Å²) in [5, 5.41) is 8.85. The Morgan fingerprint density at radius 3 is 2.58 bits per heavy atom. The van der Waals surface area contributed by atoms with Crippen molar-refractivity contribution in [1.29, 1.82) is 0 Å². The Morgan fingerprint density at radius 2 is 2.00 bits per heavy atom. The van der Waals surface area contributed by atoms with Gasteiger partial charge in [-0.2, -0.15) is 17.5 Å². The lowest BCUT2D eigenvalue weighted by atomic mass is 9.98. The SMILES string of the molecule is Cc1c(CCC(=O)O)ccc(OCc2c(C3CCC(F)(F)C3)nsc2C(F)(F)F)c1C. The van der Waals surface area contributed by atoms with E-state index in [2.05, 4.69) is 4.37 Å². The molecule has 0 amide bonds. The summed E-state index contributed by atoms with van der Waals surface area (Å²) in [6.45, 7) is 3.10. The van der Waals surface area contributed by atoms with Crippen molar-refractivity contribution >= 4 is 17.5 Å². The van der Waals surface area contributed by atoms with Crippen molar-refractivity contribution in [1.82, 2.24) is 4.37 Å². The predicted octanol–water partition coefficient (Wildman–Crippen LogP) is 6.28. The van der Waals surface area contributed by atoms with Crippen LogP contribution in [0.25, 0.3) is 0 Å². The zero-order chi connectivity index (χ0) is 23.0. The minimum atomic E-state index is -4.65. The molecule has 1 N–H and O–H groups in total. The van der Waals surface area contributed by atoms with E-state index in [-0.39, 0.29) is 42.1 Å². The Balaban J connectivity index is 1.85. The number of carbonyl (C=O) groups is 1. The van der Waals surface area contributed by atoms with Gasteiger partial charge in [-0.3, -0.25) is 4.79 Å². The number of aromatic nitrogens is 1. The molecule has 3 rings (SSSR count). The van der Waals surface area contributed by atoms with E-state index in [1.54, 1.807) is 26.0 Å². The van der Waals surface area contributed by atoms with E-state index in [9.17, 15) is 26.7 Å². The molecule has 10 heteroatoms. The number of ether oxygens (including phenoxy) is 1. The summed E-state index contributed by atoms with van der Waals surface area (Å²) < 4.78 is 77.3. The number of hydrogen-bond donors (Lipinski definition) is 1. The van der Waals surface area contributed by atoms with Crippen LogP contribution in [0.2, 0.25) is 0 Å². The summed E-state index contributed by atoms with van der Waals surface area (Å²) >= 11 is 0.269. The van der Waals surface area contributed by atoms with Gasteiger partial charge in [-0.15, -0.1) is 0 Å². The lowest BCUT2D eigenvalue weighted by molar-refractivity contribution is -0.137. The molecule has 1 atom stereocenters. The number of carboxylic acid groups (broad SMARTS) is 1. The molecule has 2 aromatic rings. The minimum absolute atomic E-state index is 0.0363. The van der Waals surface area contributed by atoms with Crippen LogP contribution in [0.15, 0.2) is 12.1 Å². The van der Waals surface area contributed by atoms with Crippen LogP contribution in [0.1, 0.15) is 64.4 Å². The Kier molecular flexibility index (Phi) is 6.59. The van der Waals surface area contributed by atoms with Gasteiger partial charge in [0.1, 0.15) is 17.2 Å². The van der Waals surface area contributed by atoms with Gasteiger partial charge < -0.3 is 9.84 Å². The number of aryl methyl sites for hydroxylation is 1. The highest BCUT2D eigenvalue weighted by molar-refractivity contribution is 7.06. The zero-order valence-electron chi connectivity index (χ0n) is 17.0. The fourth-order valence-corrected chi connectivity index (χ4v) is 4.68. The van der Waals surface area contributed by atoms with Gasteiger partial charge in [-0.05, 0) is 61.0 Å². The molecular formula is C21H22F5NO3S. The monoisotopic (exact) mass is 463 g/mol. The standard InChI is InChI=1S/C21H22F5NO3S/c1-11-12(2)16(5-3-13(11)4-6-17(28)29)30-10-15-18(14-7-8-20(22,23)9-14)27-31-19(15)21(24,25)26/h3,5,14H,4,6-10H2,1-2H3,(H,28,29). The maximum Gasteiger partial charge on any atom is 0.427 e. The first-order chi connectivity index (χ1) is 14.4. The lowest BCUT2D eigenvalue weighted by Crippen LogP contribution is -2.12. The zero-order valence-corrected chi connectivity index (χ0v) is 17.8. The number of benzene rings is 1. The number of carboxylic acids is 1. The van der Waals surface area contributed by atoms with Crippen molar-refractivity contribution in [3.05, 3.63) is 45.0 Å². The Labute approximate surface area is 180 Å². The number of aliphatic carboxylic acids is 1. The van der Waals surface area contributed by atoms with E-state index in [0.29, 0.717) is 17.7 Å². The van der Waals surface area contributed by atoms with Gasteiger partial charge in [0.25, 0.3) is 0 Å². The van der Waals surface area contributed by atoms with Crippen LogP contribution >= 0.6 is 11.5 Å². The van der Waals surface area contributed by atoms with Gasteiger partial charge in [0.15, 0.2) is 0 Å². The summed E-state index contributed by atoms with van der Waals surface area (Å²) in [6, 6.07) is 3.28. The normalized spacial score (nSPS) is 18.4. The van der Waals surface area contributed by atoms with Crippen molar-refractivity contribution in [3.8, 4) is 5.75 Å². The van der Waals surface area contributed by atoms with Crippen molar-refractivity contribution in [2.45, 2.75) is 70.6 Å². The van der Waals surface area contributed by atoms with E-state index in [1.807, 2.05) is 0 Å². The molecule has 31 heavy (non-hydrogen) atoms. The highest BCUT2D eigenvalue weighted by Crippen LogP contribution is 2.47. The minimum Gasteiger partial charge on any atom is -0.489 e. The average molecular weight is 463 g/mol. The van der Waals surface area contributed by atoms with Gasteiger partial charge in [0.2, 0.25) is 5.92 Å². The molecule has 1 fully saturated rings. The Bertz CT molecular complexity index is 971. The molecule has 0 aliphatic heterocycles. The molecule has 1 aromatic carbocycles. The van der Waals surface area contributed by atoms with Crippen LogP contribution in [0, 0.1) is 13.8 Å². The molecule has 170 valence electrons. The summed E-state index contributed by atoms with van der Waals surface area (Å²) in [6.07, 6.45) is -5.16. The topological polar surface area (TPSA) is 59.4 Å². The molecule has 0 bridgehead atoms. The molecule has 1 aliphatic rings. The molecular weight excluding hydrogens is 441 g/mol. The Morgan fingerprint density at radius 1 is 1.29 bits per heavy atom. The third-order valence-corrected chi connectivity index (χ3v) is 6.64. The second-order valence-electron chi connectivity index (χ2n) is 7.82. The maximum absolute atomic E-state index is 13.6. The van der Waals surface area contributed by atoms with E-state index in [1.165, 1.54) is 0 Å². The summed E-state index contributed by atoms with van der Waals surface area (Å²) in [5.41, 5.74) is 2.16. The van der Waals surface area contributed by atoms with Crippen LogP contribution < -0.4 is 4.74 Å². The van der Waals surface area contributed by atoms with E-state index in [4.69, 9.17) is 9.84 Å². The quantitative estimate of drug-likeness (QED) is 0.491. The van der Waals surface area contributed by atoms with Crippen LogP contribution in [0.3, 0.4) is 0 Å². The fraction of sp³-hybridized carbons (Fsp3) is 0.524. The lowest BCUT2D eigenvalue weighted by Gasteiger charge is -2.17. The van der Waals surface area contributed by atoms with Crippen molar-refractivity contribution < 1.29 is 36.6 Å². The molecule has 0 saturated heterocycles. The average Bonchev–Trinajstić information content (AvgIpc) is 3.24. The number of nitrogens with zero attached hydrogens (tertiary/aromatic N) is 1. The largest absolute Gasteiger partial charge is 0.489 e. The first-order valence-corrected chi connectivity index (χ1v) is 10.5. The van der Waals surface area contributed by atoms with E-state index in [0.717, 1.165) is 11.1 Å². The molecule has 0 spiro atoms. The third-order valence-electron chi connectivity index (χ3n) is 5.70. The van der Waals surface area contributed by atoms with E-state index >= 15 is 0 Å². The van der Waals surface area contributed by atoms with Gasteiger partial charge in [0, 0.05) is 30.7 Å². The molecule has 1 heterocycles. The number of alkyl halides is 5. The summed E-state index contributed by atoms with van der Waals surface area (Å²) in [7, 11) is 0. The first kappa shape index (κ1) is 23.4. The van der Waals surface area contributed by atoms with Crippen LogP contribution in [0.5, 0.6) is 5.75 Å². The molecule has 0 radical (unpaired) electrons. The van der Waals surface area contributed by atoms with Gasteiger partial charge >= 0.3 is 12.1 Å². The van der Waals surface area contributed by atoms with Crippen LogP contribution in [0.4, 0.5) is 22.0 Å². The first-order valence-electron chi connectivity index (χ1n) is 9.76. The van der Waals surface area contributed by atoms with Crippen LogP contribution in [-0.4, -0.2) is 21.4 Å². The molecule has 1 aromatic heterocycles. The van der Waals surface area contributed by atoms with E-state index < -0.39 is 41.9 Å². The summed E-state index contributed by atoms with van der Waals surface area (Å²) in [4.78, 5) is 9.87. The maximum atomic E-state index is 13.6. The number of halogens is 5. The fourth-order valence-electron chi connectivity index (χ4n) is 3.86. The highest BCUT2D eigenvalue weighted by Gasteiger charge is 2.44. The third kappa shape index (κ3) is 5.34. The highest BCUT2D eigenvalue weighted by atomic mass is 32.1. The molecule has 1 saturated carbocycles. The van der Waals surface area contributed by atoms with Crippen molar-refractivity contribution in [3.63, 3.8) is 0 Å². The Hall–Kier alpha value is -2.23. The van der Waals surface area contributed by atoms with Crippen molar-refractivity contribution in [2.24, 2.45) is 0 Å². The second-order valence-corrected chi connectivity index (χ2v) is 8.60. The molecule has 4 nitrogen and oxygen atoms in total. The van der Waals surface area contributed by atoms with Gasteiger partial charge in [-0.1, -0.05) is 6.07 Å². The number of rotatable bonds is 7. The van der Waals surface area contributed by atoms with Gasteiger partial charge in [-0.25, -0.2) is 8.78 Å². The smallest absolute Gasteiger partial charge is 0.427 e. The van der Waals surface area contributed by atoms with Gasteiger partial charge in [0.05, 0.1) is 5.69 Å². The van der Waals surface area contributed by atoms with Crippen molar-refractivity contribution in [2.75, 3.05) is 0 Å². The molecule has 1 aliphatic carbocycles. The predicted molar refractivity (Wildman–Crippen MR) is 105 cm³/mol. The molecule has 1 unspecified atom stereocenters. The number of hydrogen-bond acceptors (Lipinski definition) is 4. The summed E-state index contributed by atoms with van der Waals surface area (Å²) in [5.74, 6) is -4.20. The van der Waals surface area contributed by atoms with Crippen LogP contribution in [-0.2, 0) is 24.0 Å².